The van der Waals surface area contributed by atoms with Gasteiger partial charge in [-0.1, -0.05) is 6.07 Å². The SMILES string of the molecule is Cc1cc(C)cc(OCC(=O)NCCCCC(=O)O)c1. The number of ether oxygens (including phenoxy) is 1. The van der Waals surface area contributed by atoms with Crippen LogP contribution in [0.15, 0.2) is 18.2 Å². The molecule has 2 N–H and O–H groups in total. The number of unbranched alkanes of at least 4 members (excludes halogenated alkanes) is 1. The molecular formula is C15H21NO4. The second-order valence-corrected chi connectivity index (χ2v) is 4.81. The number of benzene rings is 1. The molecule has 0 fully saturated rings. The average Bonchev–Trinajstić information content (AvgIpc) is 2.34. The van der Waals surface area contributed by atoms with E-state index in [-0.39, 0.29) is 18.9 Å². The highest BCUT2D eigenvalue weighted by molar-refractivity contribution is 5.77. The van der Waals surface area contributed by atoms with E-state index < -0.39 is 5.97 Å². The van der Waals surface area contributed by atoms with Crippen LogP contribution in [-0.4, -0.2) is 30.1 Å². The lowest BCUT2D eigenvalue weighted by atomic mass is 10.1. The highest BCUT2D eigenvalue weighted by Gasteiger charge is 2.03. The van der Waals surface area contributed by atoms with Crippen molar-refractivity contribution in [3.05, 3.63) is 29.3 Å². The first kappa shape index (κ1) is 16.0. The van der Waals surface area contributed by atoms with Crippen molar-refractivity contribution in [1.82, 2.24) is 5.32 Å². The van der Waals surface area contributed by atoms with Gasteiger partial charge in [-0.3, -0.25) is 9.59 Å². The third-order valence-corrected chi connectivity index (χ3v) is 2.70. The van der Waals surface area contributed by atoms with Crippen molar-refractivity contribution in [3.8, 4) is 5.75 Å². The Kier molecular flexibility index (Phi) is 6.56. The molecule has 110 valence electrons. The Morgan fingerprint density at radius 2 is 1.80 bits per heavy atom. The molecule has 0 aliphatic heterocycles. The molecule has 1 amide bonds. The van der Waals surface area contributed by atoms with E-state index in [0.717, 1.165) is 11.1 Å². The van der Waals surface area contributed by atoms with Gasteiger partial charge in [-0.2, -0.15) is 0 Å². The minimum absolute atomic E-state index is 0.0260. The lowest BCUT2D eigenvalue weighted by molar-refractivity contribution is -0.137. The van der Waals surface area contributed by atoms with E-state index in [9.17, 15) is 9.59 Å². The first-order chi connectivity index (χ1) is 9.47. The summed E-state index contributed by atoms with van der Waals surface area (Å²) in [6.07, 6.45) is 1.35. The number of aryl methyl sites for hydroxylation is 2. The number of carboxylic acid groups (broad SMARTS) is 1. The van der Waals surface area contributed by atoms with Crippen LogP contribution in [0.4, 0.5) is 0 Å². The summed E-state index contributed by atoms with van der Waals surface area (Å²) in [4.78, 5) is 21.8. The number of carbonyl (C=O) groups excluding carboxylic acids is 1. The average molecular weight is 279 g/mol. The second kappa shape index (κ2) is 8.19. The predicted octanol–water partition coefficient (Wildman–Crippen LogP) is 2.05. The molecule has 0 aliphatic rings. The maximum atomic E-state index is 11.5. The van der Waals surface area contributed by atoms with Crippen molar-refractivity contribution in [2.24, 2.45) is 0 Å². The summed E-state index contributed by atoms with van der Waals surface area (Å²) in [6.45, 7) is 4.40. The maximum Gasteiger partial charge on any atom is 0.303 e. The standard InChI is InChI=1S/C15H21NO4/c1-11-7-12(2)9-13(8-11)20-10-14(17)16-6-4-3-5-15(18)19/h7-9H,3-6,10H2,1-2H3,(H,16,17)(H,18,19). The summed E-state index contributed by atoms with van der Waals surface area (Å²) in [7, 11) is 0. The quantitative estimate of drug-likeness (QED) is 0.714. The number of aliphatic carboxylic acids is 1. The number of rotatable bonds is 8. The van der Waals surface area contributed by atoms with E-state index in [1.165, 1.54) is 0 Å². The van der Waals surface area contributed by atoms with E-state index in [2.05, 4.69) is 5.32 Å². The van der Waals surface area contributed by atoms with Gasteiger partial charge in [0.2, 0.25) is 0 Å². The molecule has 20 heavy (non-hydrogen) atoms. The summed E-state index contributed by atoms with van der Waals surface area (Å²) in [5.41, 5.74) is 2.18. The lowest BCUT2D eigenvalue weighted by Gasteiger charge is -2.08. The van der Waals surface area contributed by atoms with Gasteiger partial charge in [0.25, 0.3) is 5.91 Å². The molecule has 1 rings (SSSR count). The molecule has 0 saturated carbocycles. The van der Waals surface area contributed by atoms with Gasteiger partial charge in [-0.15, -0.1) is 0 Å². The first-order valence-electron chi connectivity index (χ1n) is 6.67. The van der Waals surface area contributed by atoms with Gasteiger partial charge in [0.05, 0.1) is 0 Å². The molecule has 0 aromatic heterocycles. The molecule has 0 atom stereocenters. The third-order valence-electron chi connectivity index (χ3n) is 2.70. The van der Waals surface area contributed by atoms with E-state index in [0.29, 0.717) is 25.1 Å². The summed E-state index contributed by atoms with van der Waals surface area (Å²) < 4.78 is 5.42. The lowest BCUT2D eigenvalue weighted by Crippen LogP contribution is -2.29. The van der Waals surface area contributed by atoms with E-state index in [1.807, 2.05) is 32.0 Å². The Bertz CT molecular complexity index is 451. The Morgan fingerprint density at radius 1 is 1.15 bits per heavy atom. The zero-order chi connectivity index (χ0) is 15.0. The molecule has 0 heterocycles. The summed E-state index contributed by atoms with van der Waals surface area (Å²) in [5.74, 6) is -0.322. The number of hydrogen-bond donors (Lipinski definition) is 2. The Labute approximate surface area is 118 Å². The van der Waals surface area contributed by atoms with E-state index in [4.69, 9.17) is 9.84 Å². The summed E-state index contributed by atoms with van der Waals surface area (Å²) in [6, 6.07) is 5.80. The first-order valence-corrected chi connectivity index (χ1v) is 6.67. The van der Waals surface area contributed by atoms with Crippen LogP contribution < -0.4 is 10.1 Å². The van der Waals surface area contributed by atoms with Crippen LogP contribution in [0, 0.1) is 13.8 Å². The van der Waals surface area contributed by atoms with Gasteiger partial charge in [0.1, 0.15) is 5.75 Å². The Hall–Kier alpha value is -2.04. The summed E-state index contributed by atoms with van der Waals surface area (Å²) in [5, 5.41) is 11.2. The molecule has 0 aliphatic carbocycles. The Morgan fingerprint density at radius 3 is 2.40 bits per heavy atom. The van der Waals surface area contributed by atoms with Crippen molar-refractivity contribution in [2.75, 3.05) is 13.2 Å². The maximum absolute atomic E-state index is 11.5. The molecule has 5 nitrogen and oxygen atoms in total. The largest absolute Gasteiger partial charge is 0.484 e. The highest BCUT2D eigenvalue weighted by atomic mass is 16.5. The molecule has 1 aromatic rings. The van der Waals surface area contributed by atoms with E-state index in [1.54, 1.807) is 0 Å². The van der Waals surface area contributed by atoms with Gasteiger partial charge in [-0.25, -0.2) is 0 Å². The predicted molar refractivity (Wildman–Crippen MR) is 75.9 cm³/mol. The smallest absolute Gasteiger partial charge is 0.303 e. The van der Waals surface area contributed by atoms with Gasteiger partial charge < -0.3 is 15.2 Å². The van der Waals surface area contributed by atoms with Crippen molar-refractivity contribution in [3.63, 3.8) is 0 Å². The molecule has 0 unspecified atom stereocenters. The van der Waals surface area contributed by atoms with Crippen LogP contribution >= 0.6 is 0 Å². The fraction of sp³-hybridized carbons (Fsp3) is 0.467. The van der Waals surface area contributed by atoms with Gasteiger partial charge >= 0.3 is 5.97 Å². The molecule has 5 heteroatoms. The van der Waals surface area contributed by atoms with Crippen LogP contribution in [0.3, 0.4) is 0 Å². The second-order valence-electron chi connectivity index (χ2n) is 4.81. The van der Waals surface area contributed by atoms with Crippen molar-refractivity contribution in [2.45, 2.75) is 33.1 Å². The molecule has 0 spiro atoms. The fourth-order valence-electron chi connectivity index (χ4n) is 1.85. The van der Waals surface area contributed by atoms with Gasteiger partial charge in [0, 0.05) is 13.0 Å². The number of nitrogens with one attached hydrogen (secondary N) is 1. The fourth-order valence-corrected chi connectivity index (χ4v) is 1.85. The van der Waals surface area contributed by atoms with Crippen LogP contribution in [0.1, 0.15) is 30.4 Å². The minimum atomic E-state index is -0.811. The molecule has 0 saturated heterocycles. The van der Waals surface area contributed by atoms with Crippen LogP contribution in [-0.2, 0) is 9.59 Å². The van der Waals surface area contributed by atoms with Crippen molar-refractivity contribution in [1.29, 1.82) is 0 Å². The van der Waals surface area contributed by atoms with Crippen LogP contribution in [0.25, 0.3) is 0 Å². The highest BCUT2D eigenvalue weighted by Crippen LogP contribution is 2.15. The van der Waals surface area contributed by atoms with E-state index >= 15 is 0 Å². The monoisotopic (exact) mass is 279 g/mol. The van der Waals surface area contributed by atoms with Crippen molar-refractivity contribution < 1.29 is 19.4 Å². The zero-order valence-electron chi connectivity index (χ0n) is 11.9. The molecule has 0 radical (unpaired) electrons. The van der Waals surface area contributed by atoms with Crippen molar-refractivity contribution >= 4 is 11.9 Å². The van der Waals surface area contributed by atoms with Gasteiger partial charge in [0.15, 0.2) is 6.61 Å². The molecular weight excluding hydrogens is 258 g/mol. The Balaban J connectivity index is 2.21. The zero-order valence-corrected chi connectivity index (χ0v) is 11.9. The minimum Gasteiger partial charge on any atom is -0.484 e. The number of carbonyl (C=O) groups is 2. The summed E-state index contributed by atoms with van der Waals surface area (Å²) >= 11 is 0. The normalized spacial score (nSPS) is 10.1. The third kappa shape index (κ3) is 6.78. The van der Waals surface area contributed by atoms with Crippen LogP contribution in [0.2, 0.25) is 0 Å². The van der Waals surface area contributed by atoms with Gasteiger partial charge in [-0.05, 0) is 49.9 Å². The topological polar surface area (TPSA) is 75.6 Å². The number of carboxylic acids is 1. The number of amides is 1. The number of hydrogen-bond acceptors (Lipinski definition) is 3. The molecule has 1 aromatic carbocycles. The molecule has 0 bridgehead atoms. The van der Waals surface area contributed by atoms with Crippen LogP contribution in [0.5, 0.6) is 5.75 Å².